The summed E-state index contributed by atoms with van der Waals surface area (Å²) in [4.78, 5) is 32.8. The van der Waals surface area contributed by atoms with Gasteiger partial charge in [-0.15, -0.1) is 0 Å². The van der Waals surface area contributed by atoms with E-state index < -0.39 is 11.9 Å². The summed E-state index contributed by atoms with van der Waals surface area (Å²) in [5, 5.41) is 8.96. The number of esters is 1. The van der Waals surface area contributed by atoms with E-state index in [1.165, 1.54) is 0 Å². The van der Waals surface area contributed by atoms with Crippen LogP contribution in [0.25, 0.3) is 27.9 Å². The monoisotopic (exact) mass is 390 g/mol. The Morgan fingerprint density at radius 3 is 2.34 bits per heavy atom. The molecule has 4 aromatic rings. The average molecular weight is 390 g/mol. The van der Waals surface area contributed by atoms with Crippen LogP contribution in [0.15, 0.2) is 48.5 Å². The van der Waals surface area contributed by atoms with Crippen molar-refractivity contribution in [3.63, 3.8) is 0 Å². The van der Waals surface area contributed by atoms with E-state index in [0.29, 0.717) is 33.4 Å². The number of carboxylic acids is 1. The number of nitrogen functional groups attached to an aromatic ring is 1. The zero-order valence-corrected chi connectivity index (χ0v) is 15.6. The van der Waals surface area contributed by atoms with E-state index >= 15 is 0 Å². The molecule has 2 heterocycles. The minimum absolute atomic E-state index is 0.0826. The molecule has 0 unspecified atom stereocenters. The van der Waals surface area contributed by atoms with Gasteiger partial charge in [-0.2, -0.15) is 0 Å². The second-order valence-electron chi connectivity index (χ2n) is 6.44. The molecule has 0 aliphatic heterocycles. The Bertz CT molecular complexity index is 1250. The summed E-state index contributed by atoms with van der Waals surface area (Å²) in [7, 11) is 0. The normalized spacial score (nSPS) is 11.1. The van der Waals surface area contributed by atoms with E-state index in [1.54, 1.807) is 35.8 Å². The van der Waals surface area contributed by atoms with Gasteiger partial charge in [0.05, 0.1) is 24.1 Å². The standard InChI is InChI=1S/C21H18N4O4/c1-2-29-21(28)17-18-20(24-15-6-4-3-5-14(15)23-18)25(19(17)22)13-9-7-12(8-10-13)11-16(26)27/h3-10H,2,11,22H2,1H3,(H,26,27). The Morgan fingerprint density at radius 2 is 1.72 bits per heavy atom. The average Bonchev–Trinajstić information content (AvgIpc) is 2.97. The number of benzene rings is 2. The third-order valence-corrected chi connectivity index (χ3v) is 4.53. The molecular formula is C21H18N4O4. The second-order valence-corrected chi connectivity index (χ2v) is 6.44. The van der Waals surface area contributed by atoms with E-state index in [1.807, 2.05) is 24.3 Å². The van der Waals surface area contributed by atoms with Crippen molar-refractivity contribution in [3.8, 4) is 5.69 Å². The molecule has 8 nitrogen and oxygen atoms in total. The van der Waals surface area contributed by atoms with E-state index in [-0.39, 0.29) is 24.4 Å². The van der Waals surface area contributed by atoms with Gasteiger partial charge in [-0.25, -0.2) is 14.8 Å². The summed E-state index contributed by atoms with van der Waals surface area (Å²) in [6.45, 7) is 1.92. The number of para-hydroxylation sites is 2. The van der Waals surface area contributed by atoms with E-state index in [9.17, 15) is 9.59 Å². The van der Waals surface area contributed by atoms with Gasteiger partial charge < -0.3 is 15.6 Å². The van der Waals surface area contributed by atoms with E-state index in [2.05, 4.69) is 9.97 Å². The van der Waals surface area contributed by atoms with Crippen molar-refractivity contribution in [2.24, 2.45) is 0 Å². The number of carbonyl (C=O) groups excluding carboxylic acids is 1. The van der Waals surface area contributed by atoms with Crippen molar-refractivity contribution in [2.75, 3.05) is 12.3 Å². The van der Waals surface area contributed by atoms with Gasteiger partial charge in [0.15, 0.2) is 5.65 Å². The molecule has 0 radical (unpaired) electrons. The number of ether oxygens (including phenoxy) is 1. The van der Waals surface area contributed by atoms with Crippen molar-refractivity contribution in [1.29, 1.82) is 0 Å². The van der Waals surface area contributed by atoms with Crippen molar-refractivity contribution in [3.05, 3.63) is 59.7 Å². The van der Waals surface area contributed by atoms with Gasteiger partial charge >= 0.3 is 11.9 Å². The first-order chi connectivity index (χ1) is 14.0. The number of nitrogens with two attached hydrogens (primary N) is 1. The van der Waals surface area contributed by atoms with Gasteiger partial charge in [-0.1, -0.05) is 24.3 Å². The lowest BCUT2D eigenvalue weighted by molar-refractivity contribution is -0.136. The Labute approximate surface area is 165 Å². The number of hydrogen-bond acceptors (Lipinski definition) is 6. The molecule has 146 valence electrons. The molecule has 8 heteroatoms. The highest BCUT2D eigenvalue weighted by Crippen LogP contribution is 2.31. The molecule has 0 atom stereocenters. The van der Waals surface area contributed by atoms with Crippen LogP contribution in [0.4, 0.5) is 5.82 Å². The highest BCUT2D eigenvalue weighted by Gasteiger charge is 2.25. The van der Waals surface area contributed by atoms with Crippen molar-refractivity contribution < 1.29 is 19.4 Å². The molecule has 4 rings (SSSR count). The fraction of sp³-hybridized carbons (Fsp3) is 0.143. The second kappa shape index (κ2) is 7.23. The van der Waals surface area contributed by atoms with Crippen LogP contribution in [0, 0.1) is 0 Å². The van der Waals surface area contributed by atoms with Crippen LogP contribution in [0.5, 0.6) is 0 Å². The van der Waals surface area contributed by atoms with Gasteiger partial charge in [0.2, 0.25) is 0 Å². The number of rotatable bonds is 5. The lowest BCUT2D eigenvalue weighted by Gasteiger charge is -2.09. The zero-order valence-electron chi connectivity index (χ0n) is 15.6. The number of hydrogen-bond donors (Lipinski definition) is 2. The number of nitrogens with zero attached hydrogens (tertiary/aromatic N) is 3. The van der Waals surface area contributed by atoms with Crippen molar-refractivity contribution >= 4 is 40.0 Å². The SMILES string of the molecule is CCOC(=O)c1c(N)n(-c2ccc(CC(=O)O)cc2)c2nc3ccccc3nc12. The third-order valence-electron chi connectivity index (χ3n) is 4.53. The number of anilines is 1. The summed E-state index contributed by atoms with van der Waals surface area (Å²) in [6.07, 6.45) is -0.0826. The summed E-state index contributed by atoms with van der Waals surface area (Å²) in [5.74, 6) is -1.31. The first-order valence-electron chi connectivity index (χ1n) is 9.04. The van der Waals surface area contributed by atoms with Gasteiger partial charge in [0, 0.05) is 5.69 Å². The van der Waals surface area contributed by atoms with Crippen LogP contribution in [-0.4, -0.2) is 38.2 Å². The van der Waals surface area contributed by atoms with Crippen LogP contribution in [0.1, 0.15) is 22.8 Å². The molecule has 0 bridgehead atoms. The number of carboxylic acid groups (broad SMARTS) is 1. The summed E-state index contributed by atoms with van der Waals surface area (Å²) in [6, 6.07) is 14.2. The zero-order chi connectivity index (χ0) is 20.5. The molecule has 0 amide bonds. The summed E-state index contributed by atoms with van der Waals surface area (Å²) in [5.41, 5.74) is 9.89. The number of carbonyl (C=O) groups is 2. The minimum Gasteiger partial charge on any atom is -0.481 e. The summed E-state index contributed by atoms with van der Waals surface area (Å²) < 4.78 is 6.81. The van der Waals surface area contributed by atoms with Crippen LogP contribution < -0.4 is 5.73 Å². The minimum atomic E-state index is -0.911. The Hall–Kier alpha value is -3.94. The van der Waals surface area contributed by atoms with Gasteiger partial charge in [-0.05, 0) is 36.8 Å². The first-order valence-corrected chi connectivity index (χ1v) is 9.04. The maximum absolute atomic E-state index is 12.6. The smallest absolute Gasteiger partial charge is 0.344 e. The molecule has 29 heavy (non-hydrogen) atoms. The number of aromatic nitrogens is 3. The molecular weight excluding hydrogens is 372 g/mol. The Kier molecular flexibility index (Phi) is 4.59. The molecule has 3 N–H and O–H groups in total. The maximum atomic E-state index is 12.6. The largest absolute Gasteiger partial charge is 0.481 e. The van der Waals surface area contributed by atoms with Gasteiger partial charge in [0.25, 0.3) is 0 Å². The van der Waals surface area contributed by atoms with Crippen LogP contribution >= 0.6 is 0 Å². The van der Waals surface area contributed by atoms with Gasteiger partial charge in [0.1, 0.15) is 16.9 Å². The molecule has 0 saturated carbocycles. The highest BCUT2D eigenvalue weighted by molar-refractivity contribution is 6.09. The fourth-order valence-electron chi connectivity index (χ4n) is 3.26. The fourth-order valence-corrected chi connectivity index (χ4v) is 3.26. The van der Waals surface area contributed by atoms with Gasteiger partial charge in [-0.3, -0.25) is 9.36 Å². The Balaban J connectivity index is 1.97. The third kappa shape index (κ3) is 3.25. The predicted molar refractivity (Wildman–Crippen MR) is 108 cm³/mol. The number of fused-ring (bicyclic) bond motifs is 2. The molecule has 0 fully saturated rings. The molecule has 0 aliphatic carbocycles. The van der Waals surface area contributed by atoms with Crippen LogP contribution in [0.3, 0.4) is 0 Å². The quantitative estimate of drug-likeness (QED) is 0.503. The Morgan fingerprint density at radius 1 is 1.07 bits per heavy atom. The molecule has 0 spiro atoms. The molecule has 2 aromatic carbocycles. The van der Waals surface area contributed by atoms with E-state index in [0.717, 1.165) is 0 Å². The first kappa shape index (κ1) is 18.4. The molecule has 0 aliphatic rings. The lowest BCUT2D eigenvalue weighted by atomic mass is 10.1. The lowest BCUT2D eigenvalue weighted by Crippen LogP contribution is -2.09. The van der Waals surface area contributed by atoms with Crippen molar-refractivity contribution in [2.45, 2.75) is 13.3 Å². The van der Waals surface area contributed by atoms with Crippen LogP contribution in [0.2, 0.25) is 0 Å². The molecule has 2 aromatic heterocycles. The maximum Gasteiger partial charge on any atom is 0.344 e. The topological polar surface area (TPSA) is 120 Å². The highest BCUT2D eigenvalue weighted by atomic mass is 16.5. The van der Waals surface area contributed by atoms with Crippen molar-refractivity contribution in [1.82, 2.24) is 14.5 Å². The van der Waals surface area contributed by atoms with E-state index in [4.69, 9.17) is 15.6 Å². The predicted octanol–water partition coefficient (Wildman–Crippen LogP) is 2.96. The molecule has 0 saturated heterocycles. The van der Waals surface area contributed by atoms with Crippen LogP contribution in [-0.2, 0) is 16.0 Å². The summed E-state index contributed by atoms with van der Waals surface area (Å²) >= 11 is 0. The number of aliphatic carboxylic acids is 1.